The molecule has 216 valence electrons. The molecule has 0 unspecified atom stereocenters. The minimum absolute atomic E-state index is 0.112. The molecule has 3 N–H and O–H groups in total. The molecule has 0 radical (unpaired) electrons. The number of halogens is 1. The van der Waals surface area contributed by atoms with Gasteiger partial charge < -0.3 is 19.8 Å². The molecule has 2 aromatic rings. The Labute approximate surface area is 240 Å². The van der Waals surface area contributed by atoms with E-state index in [1.165, 1.54) is 71.1 Å². The zero-order chi connectivity index (χ0) is 28.7. The highest BCUT2D eigenvalue weighted by molar-refractivity contribution is 6.15. The van der Waals surface area contributed by atoms with Crippen molar-refractivity contribution in [2.24, 2.45) is 5.92 Å². The summed E-state index contributed by atoms with van der Waals surface area (Å²) in [5.74, 6) is 1.50. The minimum Gasteiger partial charge on any atom is -0.481 e. The lowest BCUT2D eigenvalue weighted by Gasteiger charge is -2.27. The van der Waals surface area contributed by atoms with E-state index in [1.807, 2.05) is 43.4 Å². The molecule has 1 aromatic heterocycles. The normalized spacial score (nSPS) is 18.9. The molecule has 2 saturated heterocycles. The number of carboxylic acids is 1. The standard InChI is InChI=1S/C17H25N3O.C8H8O2.C5H11N.CH3Cl/c1-4-7-15(8-5-2)17-18-16(19-21-17)13-20-11-9-14(6-3)10-12-20;9-8(10)6-7-4-2-1-3-5-7;1-2-4-6-5-3-1;1-2/h4-5,7-8,14H,1,6,9-13H2,2-3H3;1-5H,6H2,(H,9,10);6H,1-5H2;1H3/p+1/b8-5-,15-7+;;;. The first-order valence-electron chi connectivity index (χ1n) is 14.0. The Morgan fingerprint density at radius 2 is 1.85 bits per heavy atom. The fraction of sp³-hybridized carbons (Fsp3) is 0.516. The maximum Gasteiger partial charge on any atom is 0.307 e. The molecule has 0 atom stereocenters. The third-order valence-electron chi connectivity index (χ3n) is 6.56. The Morgan fingerprint density at radius 3 is 2.33 bits per heavy atom. The number of aromatic nitrogens is 2. The van der Waals surface area contributed by atoms with Gasteiger partial charge in [0.15, 0.2) is 0 Å². The monoisotopic (exact) mass is 559 g/mol. The van der Waals surface area contributed by atoms with Gasteiger partial charge >= 0.3 is 5.97 Å². The zero-order valence-electron chi connectivity index (χ0n) is 24.0. The van der Waals surface area contributed by atoms with Crippen LogP contribution in [0.25, 0.3) is 5.57 Å². The predicted molar refractivity (Wildman–Crippen MR) is 161 cm³/mol. The Bertz CT molecular complexity index is 952. The Kier molecular flexibility index (Phi) is 19.4. The Morgan fingerprint density at radius 1 is 1.18 bits per heavy atom. The van der Waals surface area contributed by atoms with Crippen LogP contribution in [0.2, 0.25) is 0 Å². The molecule has 7 nitrogen and oxygen atoms in total. The number of benzene rings is 1. The number of allylic oxidation sites excluding steroid dienone is 5. The summed E-state index contributed by atoms with van der Waals surface area (Å²) >= 11 is 4.64. The maximum atomic E-state index is 10.2. The van der Waals surface area contributed by atoms with Crippen LogP contribution in [0.15, 0.2) is 65.7 Å². The lowest BCUT2D eigenvalue weighted by atomic mass is 9.94. The predicted octanol–water partition coefficient (Wildman–Crippen LogP) is 5.35. The van der Waals surface area contributed by atoms with Crippen molar-refractivity contribution >= 4 is 23.1 Å². The Balaban J connectivity index is 0.000000346. The molecule has 1 aromatic carbocycles. The number of carboxylic acid groups (broad SMARTS) is 1. The summed E-state index contributed by atoms with van der Waals surface area (Å²) in [6.45, 7) is 13.8. The second-order valence-electron chi connectivity index (χ2n) is 9.52. The molecule has 39 heavy (non-hydrogen) atoms. The second kappa shape index (κ2) is 22.1. The van der Waals surface area contributed by atoms with Crippen molar-refractivity contribution in [1.29, 1.82) is 0 Å². The molecule has 8 heteroatoms. The average Bonchev–Trinajstić information content (AvgIpc) is 3.44. The largest absolute Gasteiger partial charge is 0.481 e. The van der Waals surface area contributed by atoms with E-state index < -0.39 is 5.97 Å². The van der Waals surface area contributed by atoms with Crippen molar-refractivity contribution in [3.05, 3.63) is 78.5 Å². The number of carbonyl (C=O) groups is 1. The van der Waals surface area contributed by atoms with E-state index in [4.69, 9.17) is 9.63 Å². The van der Waals surface area contributed by atoms with Crippen LogP contribution in [0.1, 0.15) is 69.7 Å². The number of nitrogens with one attached hydrogen (secondary N) is 2. The summed E-state index contributed by atoms with van der Waals surface area (Å²) < 4.78 is 5.37. The molecule has 4 rings (SSSR count). The number of quaternary nitrogens is 1. The summed E-state index contributed by atoms with van der Waals surface area (Å²) in [6.07, 6.45) is 17.3. The molecule has 0 aliphatic carbocycles. The number of hydrogen-bond donors (Lipinski definition) is 3. The third kappa shape index (κ3) is 15.4. The summed E-state index contributed by atoms with van der Waals surface area (Å²) in [5.41, 5.74) is 1.75. The van der Waals surface area contributed by atoms with Crippen LogP contribution < -0.4 is 10.2 Å². The molecular formula is C31H48ClN4O3+. The van der Waals surface area contributed by atoms with Crippen molar-refractivity contribution in [2.45, 2.75) is 65.3 Å². The van der Waals surface area contributed by atoms with Gasteiger partial charge in [-0.15, -0.1) is 11.6 Å². The number of piperidine rings is 2. The van der Waals surface area contributed by atoms with Gasteiger partial charge in [0.05, 0.1) is 19.5 Å². The SMILES string of the molecule is C1CCNCC1.C=C/C=C(\C=C/C)c1nc(C[NH+]2CCC(CC)CC2)no1.CCl.O=C(O)Cc1ccccc1. The smallest absolute Gasteiger partial charge is 0.307 e. The third-order valence-corrected chi connectivity index (χ3v) is 6.56. The zero-order valence-corrected chi connectivity index (χ0v) is 24.8. The lowest BCUT2D eigenvalue weighted by Crippen LogP contribution is -3.11. The van der Waals surface area contributed by atoms with Crippen LogP contribution in [0.3, 0.4) is 0 Å². The number of alkyl halides is 1. The van der Waals surface area contributed by atoms with Crippen molar-refractivity contribution in [3.8, 4) is 0 Å². The van der Waals surface area contributed by atoms with Crippen molar-refractivity contribution in [2.75, 3.05) is 32.6 Å². The van der Waals surface area contributed by atoms with E-state index in [0.29, 0.717) is 5.89 Å². The summed E-state index contributed by atoms with van der Waals surface area (Å²) in [6, 6.07) is 9.13. The molecule has 3 heterocycles. The first-order valence-corrected chi connectivity index (χ1v) is 14.8. The molecule has 0 amide bonds. The van der Waals surface area contributed by atoms with Gasteiger partial charge in [-0.2, -0.15) is 4.98 Å². The first kappa shape index (κ1) is 34.3. The molecule has 2 aliphatic heterocycles. The molecule has 0 saturated carbocycles. The average molecular weight is 560 g/mol. The van der Waals surface area contributed by atoms with Gasteiger partial charge in [-0.25, -0.2) is 0 Å². The minimum atomic E-state index is -0.786. The van der Waals surface area contributed by atoms with Crippen LogP contribution in [0, 0.1) is 5.92 Å². The van der Waals surface area contributed by atoms with Gasteiger partial charge in [0.2, 0.25) is 5.82 Å². The highest BCUT2D eigenvalue weighted by Crippen LogP contribution is 2.15. The molecule has 0 spiro atoms. The number of nitrogens with zero attached hydrogens (tertiary/aromatic N) is 2. The van der Waals surface area contributed by atoms with E-state index in [2.05, 4.69) is 40.6 Å². The van der Waals surface area contributed by atoms with Crippen LogP contribution >= 0.6 is 11.6 Å². The number of hydrogen-bond acceptors (Lipinski definition) is 5. The molecule has 2 aliphatic rings. The van der Waals surface area contributed by atoms with Crippen LogP contribution in [-0.4, -0.2) is 53.8 Å². The van der Waals surface area contributed by atoms with E-state index in [9.17, 15) is 4.79 Å². The topological polar surface area (TPSA) is 92.7 Å². The highest BCUT2D eigenvalue weighted by atomic mass is 35.5. The number of aliphatic carboxylic acids is 1. The van der Waals surface area contributed by atoms with E-state index in [0.717, 1.165) is 29.4 Å². The van der Waals surface area contributed by atoms with Crippen LogP contribution in [0.4, 0.5) is 0 Å². The van der Waals surface area contributed by atoms with Crippen molar-refractivity contribution < 1.29 is 19.3 Å². The van der Waals surface area contributed by atoms with Gasteiger partial charge in [-0.1, -0.05) is 86.1 Å². The van der Waals surface area contributed by atoms with Crippen molar-refractivity contribution in [1.82, 2.24) is 15.5 Å². The summed E-state index contributed by atoms with van der Waals surface area (Å²) in [4.78, 5) is 16.2. The fourth-order valence-electron chi connectivity index (χ4n) is 4.41. The van der Waals surface area contributed by atoms with Gasteiger partial charge in [0, 0.05) is 12.0 Å². The van der Waals surface area contributed by atoms with Gasteiger partial charge in [-0.3, -0.25) is 4.79 Å². The lowest BCUT2D eigenvalue weighted by molar-refractivity contribution is -0.920. The van der Waals surface area contributed by atoms with Crippen LogP contribution in [0.5, 0.6) is 0 Å². The van der Waals surface area contributed by atoms with Crippen LogP contribution in [-0.2, 0) is 17.8 Å². The first-order chi connectivity index (χ1) is 19.0. The summed E-state index contributed by atoms with van der Waals surface area (Å²) in [7, 11) is 0. The van der Waals surface area contributed by atoms with E-state index in [-0.39, 0.29) is 6.42 Å². The van der Waals surface area contributed by atoms with Crippen molar-refractivity contribution in [3.63, 3.8) is 0 Å². The molecule has 0 bridgehead atoms. The van der Waals surface area contributed by atoms with Gasteiger partial charge in [0.25, 0.3) is 5.89 Å². The number of likely N-dealkylation sites (tertiary alicyclic amines) is 1. The summed E-state index contributed by atoms with van der Waals surface area (Å²) in [5, 5.41) is 15.8. The second-order valence-corrected chi connectivity index (χ2v) is 9.52. The molecular weight excluding hydrogens is 512 g/mol. The van der Waals surface area contributed by atoms with E-state index >= 15 is 0 Å². The fourth-order valence-corrected chi connectivity index (χ4v) is 4.41. The maximum absolute atomic E-state index is 10.2. The van der Waals surface area contributed by atoms with Gasteiger partial charge in [-0.05, 0) is 57.2 Å². The molecule has 2 fully saturated rings. The quantitative estimate of drug-likeness (QED) is 0.298. The van der Waals surface area contributed by atoms with Gasteiger partial charge in [0.1, 0.15) is 6.54 Å². The van der Waals surface area contributed by atoms with E-state index in [1.54, 1.807) is 23.1 Å². The Hall–Kier alpha value is -2.74. The highest BCUT2D eigenvalue weighted by Gasteiger charge is 2.22. The number of rotatable bonds is 8.